The molecule has 1 amide bonds. The highest BCUT2D eigenvalue weighted by molar-refractivity contribution is 9.10. The zero-order chi connectivity index (χ0) is 15.6. The number of hydrogen-bond acceptors (Lipinski definition) is 3. The summed E-state index contributed by atoms with van der Waals surface area (Å²) in [7, 11) is 0. The molecule has 0 fully saturated rings. The van der Waals surface area contributed by atoms with Crippen molar-refractivity contribution in [1.82, 2.24) is 9.78 Å². The second kappa shape index (κ2) is 7.76. The van der Waals surface area contributed by atoms with Crippen LogP contribution in [0.4, 0.5) is 5.82 Å². The molecule has 1 heterocycles. The topological polar surface area (TPSA) is 72.9 Å². The third-order valence-corrected chi connectivity index (χ3v) is 3.83. The van der Waals surface area contributed by atoms with Crippen molar-refractivity contribution in [2.75, 3.05) is 5.32 Å². The first-order valence-electron chi connectivity index (χ1n) is 6.77. The summed E-state index contributed by atoms with van der Waals surface area (Å²) in [5.74, 6) is 0.264. The van der Waals surface area contributed by atoms with Gasteiger partial charge in [-0.05, 0) is 32.0 Å². The number of nitrogens with two attached hydrogens (primary N) is 1. The van der Waals surface area contributed by atoms with Crippen LogP contribution in [0.3, 0.4) is 0 Å². The van der Waals surface area contributed by atoms with E-state index < -0.39 is 0 Å². The van der Waals surface area contributed by atoms with Crippen molar-refractivity contribution >= 4 is 40.1 Å². The minimum Gasteiger partial charge on any atom is -0.327 e. The summed E-state index contributed by atoms with van der Waals surface area (Å²) in [5, 5.41) is 7.33. The van der Waals surface area contributed by atoms with Crippen molar-refractivity contribution in [2.24, 2.45) is 11.7 Å². The van der Waals surface area contributed by atoms with Gasteiger partial charge in [-0.15, -0.1) is 12.4 Å². The lowest BCUT2D eigenvalue weighted by molar-refractivity contribution is -0.119. The van der Waals surface area contributed by atoms with Crippen LogP contribution in [0, 0.1) is 12.8 Å². The van der Waals surface area contributed by atoms with Gasteiger partial charge < -0.3 is 11.1 Å². The van der Waals surface area contributed by atoms with E-state index in [9.17, 15) is 4.79 Å². The van der Waals surface area contributed by atoms with Gasteiger partial charge in [-0.1, -0.05) is 28.9 Å². The second-order valence-corrected chi connectivity index (χ2v) is 6.12. The quantitative estimate of drug-likeness (QED) is 0.845. The van der Waals surface area contributed by atoms with E-state index in [1.165, 1.54) is 0 Å². The summed E-state index contributed by atoms with van der Waals surface area (Å²) >= 11 is 3.44. The first kappa shape index (κ1) is 18.7. The normalized spacial score (nSPS) is 13.1. The molecule has 5 nitrogen and oxygen atoms in total. The number of amides is 1. The van der Waals surface area contributed by atoms with Gasteiger partial charge in [-0.3, -0.25) is 4.79 Å². The van der Waals surface area contributed by atoms with Crippen LogP contribution in [-0.2, 0) is 4.79 Å². The number of anilines is 1. The number of nitrogens with zero attached hydrogens (tertiary/aromatic N) is 2. The molecule has 7 heteroatoms. The fraction of sp³-hybridized carbons (Fsp3) is 0.333. The van der Waals surface area contributed by atoms with Crippen LogP contribution in [0.1, 0.15) is 19.5 Å². The van der Waals surface area contributed by atoms with Gasteiger partial charge in [0, 0.05) is 16.6 Å². The zero-order valence-corrected chi connectivity index (χ0v) is 15.1. The third-order valence-electron chi connectivity index (χ3n) is 3.34. The fourth-order valence-electron chi connectivity index (χ4n) is 1.87. The van der Waals surface area contributed by atoms with E-state index in [1.54, 1.807) is 4.68 Å². The van der Waals surface area contributed by atoms with Crippen molar-refractivity contribution in [3.8, 4) is 5.69 Å². The largest absolute Gasteiger partial charge is 0.327 e. The third kappa shape index (κ3) is 4.32. The fourth-order valence-corrected chi connectivity index (χ4v) is 2.26. The van der Waals surface area contributed by atoms with Crippen LogP contribution < -0.4 is 11.1 Å². The van der Waals surface area contributed by atoms with Crippen LogP contribution in [0.5, 0.6) is 0 Å². The van der Waals surface area contributed by atoms with Crippen LogP contribution in [0.15, 0.2) is 34.8 Å². The SMILES string of the molecule is Cc1cc(NC(=O)C(C)C(C)N)n(-c2cccc(Br)c2)n1.Cl. The summed E-state index contributed by atoms with van der Waals surface area (Å²) in [4.78, 5) is 12.2. The maximum Gasteiger partial charge on any atom is 0.229 e. The monoisotopic (exact) mass is 386 g/mol. The molecular formula is C15H20BrClN4O. The Morgan fingerprint density at radius 3 is 2.64 bits per heavy atom. The van der Waals surface area contributed by atoms with Crippen LogP contribution in [0.25, 0.3) is 5.69 Å². The number of carbonyl (C=O) groups excluding carboxylic acids is 1. The highest BCUT2D eigenvalue weighted by Crippen LogP contribution is 2.21. The molecule has 3 N–H and O–H groups in total. The summed E-state index contributed by atoms with van der Waals surface area (Å²) in [6, 6.07) is 9.38. The molecule has 2 atom stereocenters. The molecule has 1 aromatic carbocycles. The van der Waals surface area contributed by atoms with Crippen molar-refractivity contribution in [3.05, 3.63) is 40.5 Å². The number of aromatic nitrogens is 2. The standard InChI is InChI=1S/C15H19BrN4O.ClH/c1-9-7-14(18-15(21)10(2)11(3)17)20(19-9)13-6-4-5-12(16)8-13;/h4-8,10-11H,17H2,1-3H3,(H,18,21);1H. The molecule has 0 saturated carbocycles. The zero-order valence-electron chi connectivity index (χ0n) is 12.7. The Morgan fingerprint density at radius 1 is 1.36 bits per heavy atom. The predicted molar refractivity (Wildman–Crippen MR) is 94.7 cm³/mol. The Kier molecular flexibility index (Phi) is 6.59. The van der Waals surface area contributed by atoms with Gasteiger partial charge in [0.05, 0.1) is 17.3 Å². The highest BCUT2D eigenvalue weighted by atomic mass is 79.9. The molecule has 1 aromatic heterocycles. The van der Waals surface area contributed by atoms with E-state index in [-0.39, 0.29) is 30.3 Å². The van der Waals surface area contributed by atoms with E-state index in [0.29, 0.717) is 5.82 Å². The summed E-state index contributed by atoms with van der Waals surface area (Å²) in [6.07, 6.45) is 0. The lowest BCUT2D eigenvalue weighted by Gasteiger charge is -2.16. The number of benzene rings is 1. The molecule has 2 aromatic rings. The van der Waals surface area contributed by atoms with Gasteiger partial charge in [0.2, 0.25) is 5.91 Å². The first-order chi connectivity index (χ1) is 9.88. The number of halogens is 2. The Hall–Kier alpha value is -1.37. The number of nitrogens with one attached hydrogen (secondary N) is 1. The lowest BCUT2D eigenvalue weighted by atomic mass is 10.0. The molecule has 2 rings (SSSR count). The molecule has 0 aliphatic carbocycles. The Balaban J connectivity index is 0.00000242. The van der Waals surface area contributed by atoms with E-state index >= 15 is 0 Å². The van der Waals surface area contributed by atoms with Gasteiger partial charge in [-0.25, -0.2) is 4.68 Å². The average molecular weight is 388 g/mol. The van der Waals surface area contributed by atoms with Crippen molar-refractivity contribution < 1.29 is 4.79 Å². The molecule has 0 aliphatic rings. The second-order valence-electron chi connectivity index (χ2n) is 5.20. The van der Waals surface area contributed by atoms with E-state index in [2.05, 4.69) is 26.3 Å². The molecule has 0 aliphatic heterocycles. The smallest absolute Gasteiger partial charge is 0.229 e. The number of hydrogen-bond donors (Lipinski definition) is 2. The Morgan fingerprint density at radius 2 is 2.05 bits per heavy atom. The minimum atomic E-state index is -0.267. The van der Waals surface area contributed by atoms with Crippen molar-refractivity contribution in [2.45, 2.75) is 26.8 Å². The summed E-state index contributed by atoms with van der Waals surface area (Å²) < 4.78 is 2.67. The van der Waals surface area contributed by atoms with E-state index in [0.717, 1.165) is 15.9 Å². The van der Waals surface area contributed by atoms with Crippen molar-refractivity contribution in [3.63, 3.8) is 0 Å². The molecule has 22 heavy (non-hydrogen) atoms. The minimum absolute atomic E-state index is 0. The highest BCUT2D eigenvalue weighted by Gasteiger charge is 2.19. The first-order valence-corrected chi connectivity index (χ1v) is 7.57. The summed E-state index contributed by atoms with van der Waals surface area (Å²) in [5.41, 5.74) is 7.48. The molecule has 120 valence electrons. The van der Waals surface area contributed by atoms with Crippen LogP contribution in [0.2, 0.25) is 0 Å². The maximum absolute atomic E-state index is 12.2. The predicted octanol–water partition coefficient (Wildman–Crippen LogP) is 3.29. The molecular weight excluding hydrogens is 368 g/mol. The maximum atomic E-state index is 12.2. The van der Waals surface area contributed by atoms with Gasteiger partial charge in [0.1, 0.15) is 5.82 Å². The van der Waals surface area contributed by atoms with Gasteiger partial charge in [0.15, 0.2) is 0 Å². The van der Waals surface area contributed by atoms with Crippen molar-refractivity contribution in [1.29, 1.82) is 0 Å². The molecule has 0 saturated heterocycles. The van der Waals surface area contributed by atoms with E-state index in [4.69, 9.17) is 5.73 Å². The van der Waals surface area contributed by atoms with E-state index in [1.807, 2.05) is 51.1 Å². The Labute approximate surface area is 144 Å². The van der Waals surface area contributed by atoms with Crippen LogP contribution >= 0.6 is 28.3 Å². The Bertz CT molecular complexity index is 657. The van der Waals surface area contributed by atoms with Gasteiger partial charge in [0.25, 0.3) is 0 Å². The lowest BCUT2D eigenvalue weighted by Crippen LogP contribution is -2.34. The number of carbonyl (C=O) groups is 1. The van der Waals surface area contributed by atoms with Gasteiger partial charge >= 0.3 is 0 Å². The summed E-state index contributed by atoms with van der Waals surface area (Å²) in [6.45, 7) is 5.52. The molecule has 0 spiro atoms. The number of rotatable bonds is 4. The molecule has 0 bridgehead atoms. The van der Waals surface area contributed by atoms with Gasteiger partial charge in [-0.2, -0.15) is 5.10 Å². The molecule has 0 radical (unpaired) electrons. The molecule has 2 unspecified atom stereocenters. The van der Waals surface area contributed by atoms with Crippen LogP contribution in [-0.4, -0.2) is 21.7 Å². The number of aryl methyl sites for hydroxylation is 1. The average Bonchev–Trinajstić information content (AvgIpc) is 2.78.